The van der Waals surface area contributed by atoms with Crippen molar-refractivity contribution in [3.8, 4) is 22.6 Å². The van der Waals surface area contributed by atoms with Crippen molar-refractivity contribution in [2.24, 2.45) is 0 Å². The molecule has 8 heteroatoms. The molecule has 2 heterocycles. The van der Waals surface area contributed by atoms with Crippen molar-refractivity contribution in [3.05, 3.63) is 59.3 Å². The molecular weight excluding hydrogens is 361 g/mol. The number of pyridine rings is 1. The van der Waals surface area contributed by atoms with E-state index in [9.17, 15) is 14.3 Å². The van der Waals surface area contributed by atoms with Gasteiger partial charge in [-0.25, -0.2) is 14.2 Å². The first-order valence-electron chi connectivity index (χ1n) is 7.70. The Labute approximate surface area is 153 Å². The first kappa shape index (κ1) is 18.0. The number of rotatable bonds is 6. The van der Waals surface area contributed by atoms with Crippen LogP contribution in [0.3, 0.4) is 0 Å². The molecule has 0 aliphatic carbocycles. The van der Waals surface area contributed by atoms with Crippen molar-refractivity contribution in [3.63, 3.8) is 0 Å². The second-order valence-corrected chi connectivity index (χ2v) is 5.90. The number of hydrogen-bond acceptors (Lipinski definition) is 4. The van der Waals surface area contributed by atoms with E-state index in [0.29, 0.717) is 35.8 Å². The zero-order valence-electron chi connectivity index (χ0n) is 13.8. The molecule has 0 radical (unpaired) electrons. The molecule has 1 aromatic carbocycles. The van der Waals surface area contributed by atoms with Gasteiger partial charge in [-0.15, -0.1) is 0 Å². The van der Waals surface area contributed by atoms with Crippen LogP contribution in [0.25, 0.3) is 22.6 Å². The second-order valence-electron chi connectivity index (χ2n) is 5.49. The minimum Gasteiger partial charge on any atom is -0.478 e. The van der Waals surface area contributed by atoms with E-state index in [1.54, 1.807) is 24.1 Å². The van der Waals surface area contributed by atoms with Gasteiger partial charge in [-0.05, 0) is 24.3 Å². The molecule has 26 heavy (non-hydrogen) atoms. The molecule has 3 aromatic rings. The smallest absolute Gasteiger partial charge is 0.335 e. The van der Waals surface area contributed by atoms with E-state index in [1.807, 2.05) is 0 Å². The Morgan fingerprint density at radius 2 is 2.12 bits per heavy atom. The molecule has 0 fully saturated rings. The average molecular weight is 376 g/mol. The van der Waals surface area contributed by atoms with Gasteiger partial charge in [0.05, 0.1) is 34.9 Å². The molecule has 0 spiro atoms. The van der Waals surface area contributed by atoms with Crippen molar-refractivity contribution in [1.82, 2.24) is 14.5 Å². The quantitative estimate of drug-likeness (QED) is 0.710. The van der Waals surface area contributed by atoms with Gasteiger partial charge in [-0.2, -0.15) is 0 Å². The third-order valence-corrected chi connectivity index (χ3v) is 4.12. The number of ether oxygens (including phenoxy) is 1. The molecular formula is C18H15ClFN3O3. The van der Waals surface area contributed by atoms with Crippen LogP contribution in [-0.4, -0.2) is 39.3 Å². The fourth-order valence-electron chi connectivity index (χ4n) is 2.57. The molecule has 6 nitrogen and oxygen atoms in total. The number of aromatic carboxylic acids is 1. The van der Waals surface area contributed by atoms with E-state index in [1.165, 1.54) is 30.5 Å². The van der Waals surface area contributed by atoms with Crippen LogP contribution >= 0.6 is 11.6 Å². The van der Waals surface area contributed by atoms with E-state index in [4.69, 9.17) is 16.3 Å². The van der Waals surface area contributed by atoms with Gasteiger partial charge >= 0.3 is 5.97 Å². The number of hydrogen-bond donors (Lipinski definition) is 1. The second kappa shape index (κ2) is 7.63. The summed E-state index contributed by atoms with van der Waals surface area (Å²) in [6, 6.07) is 7.28. The van der Waals surface area contributed by atoms with Gasteiger partial charge in [0.15, 0.2) is 0 Å². The summed E-state index contributed by atoms with van der Waals surface area (Å²) in [4.78, 5) is 19.8. The lowest BCUT2D eigenvalue weighted by Crippen LogP contribution is -2.05. The van der Waals surface area contributed by atoms with Crippen LogP contribution < -0.4 is 0 Å². The fourth-order valence-corrected chi connectivity index (χ4v) is 2.69. The number of carbonyl (C=O) groups is 1. The van der Waals surface area contributed by atoms with Crippen LogP contribution in [0.2, 0.25) is 5.02 Å². The predicted octanol–water partition coefficient (Wildman–Crippen LogP) is 3.75. The lowest BCUT2D eigenvalue weighted by Gasteiger charge is -2.11. The van der Waals surface area contributed by atoms with Crippen LogP contribution in [0.1, 0.15) is 10.4 Å². The number of methoxy groups -OCH3 is 1. The molecule has 0 aliphatic rings. The summed E-state index contributed by atoms with van der Waals surface area (Å²) in [5.74, 6) is -1.62. The Morgan fingerprint density at radius 1 is 1.31 bits per heavy atom. The predicted molar refractivity (Wildman–Crippen MR) is 94.7 cm³/mol. The summed E-state index contributed by atoms with van der Waals surface area (Å²) < 4.78 is 20.9. The SMILES string of the molecule is COCCn1cnc(-c2cc(C(=O)O)ccn2)c1-c1ccc(Cl)c(F)c1. The van der Waals surface area contributed by atoms with Crippen LogP contribution in [0.4, 0.5) is 4.39 Å². The minimum atomic E-state index is -1.06. The maximum Gasteiger partial charge on any atom is 0.335 e. The lowest BCUT2D eigenvalue weighted by molar-refractivity contribution is 0.0697. The molecule has 134 valence electrons. The highest BCUT2D eigenvalue weighted by molar-refractivity contribution is 6.30. The van der Waals surface area contributed by atoms with Crippen molar-refractivity contribution in [2.45, 2.75) is 6.54 Å². The molecule has 0 aliphatic heterocycles. The van der Waals surface area contributed by atoms with Gasteiger partial charge in [0.1, 0.15) is 11.5 Å². The highest BCUT2D eigenvalue weighted by Gasteiger charge is 2.18. The van der Waals surface area contributed by atoms with Gasteiger partial charge in [0, 0.05) is 25.4 Å². The van der Waals surface area contributed by atoms with Crippen molar-refractivity contribution in [1.29, 1.82) is 0 Å². The Morgan fingerprint density at radius 3 is 2.81 bits per heavy atom. The zero-order valence-corrected chi connectivity index (χ0v) is 14.6. The van der Waals surface area contributed by atoms with E-state index in [-0.39, 0.29) is 10.6 Å². The summed E-state index contributed by atoms with van der Waals surface area (Å²) in [6.45, 7) is 0.920. The largest absolute Gasteiger partial charge is 0.478 e. The minimum absolute atomic E-state index is 0.0178. The fraction of sp³-hybridized carbons (Fsp3) is 0.167. The Hall–Kier alpha value is -2.77. The normalized spacial score (nSPS) is 10.9. The average Bonchev–Trinajstić information content (AvgIpc) is 3.06. The summed E-state index contributed by atoms with van der Waals surface area (Å²) in [6.07, 6.45) is 2.99. The lowest BCUT2D eigenvalue weighted by atomic mass is 10.1. The van der Waals surface area contributed by atoms with Crippen molar-refractivity contribution < 1.29 is 19.0 Å². The van der Waals surface area contributed by atoms with E-state index >= 15 is 0 Å². The van der Waals surface area contributed by atoms with Crippen molar-refractivity contribution >= 4 is 17.6 Å². The Balaban J connectivity index is 2.16. The van der Waals surface area contributed by atoms with Gasteiger partial charge in [0.2, 0.25) is 0 Å². The van der Waals surface area contributed by atoms with Gasteiger partial charge in [-0.1, -0.05) is 17.7 Å². The molecule has 2 aromatic heterocycles. The molecule has 3 rings (SSSR count). The van der Waals surface area contributed by atoms with Crippen molar-refractivity contribution in [2.75, 3.05) is 13.7 Å². The number of imidazole rings is 1. The molecule has 0 saturated carbocycles. The maximum absolute atomic E-state index is 14.0. The van der Waals surface area contributed by atoms with Crippen LogP contribution in [-0.2, 0) is 11.3 Å². The summed E-state index contributed by atoms with van der Waals surface area (Å²) in [5, 5.41) is 9.21. The first-order valence-corrected chi connectivity index (χ1v) is 8.08. The number of nitrogens with zero attached hydrogens (tertiary/aromatic N) is 3. The van der Waals surface area contributed by atoms with Crippen LogP contribution in [0.15, 0.2) is 42.9 Å². The zero-order chi connectivity index (χ0) is 18.7. The Bertz CT molecular complexity index is 959. The van der Waals surface area contributed by atoms with Crippen LogP contribution in [0.5, 0.6) is 0 Å². The van der Waals surface area contributed by atoms with Gasteiger partial charge < -0.3 is 14.4 Å². The van der Waals surface area contributed by atoms with E-state index < -0.39 is 11.8 Å². The van der Waals surface area contributed by atoms with E-state index in [0.717, 1.165) is 0 Å². The number of carboxylic acid groups (broad SMARTS) is 1. The maximum atomic E-state index is 14.0. The highest BCUT2D eigenvalue weighted by Crippen LogP contribution is 2.32. The molecule has 0 bridgehead atoms. The third kappa shape index (κ3) is 3.58. The number of halogens is 2. The standard InChI is InChI=1S/C18H15ClFN3O3/c1-26-7-6-23-10-22-16(15-9-12(18(24)25)4-5-21-15)17(23)11-2-3-13(19)14(20)8-11/h2-5,8-10H,6-7H2,1H3,(H,24,25). The highest BCUT2D eigenvalue weighted by atomic mass is 35.5. The Kier molecular flexibility index (Phi) is 5.29. The summed E-state index contributed by atoms with van der Waals surface area (Å²) in [7, 11) is 1.58. The number of carboxylic acids is 1. The number of benzene rings is 1. The van der Waals surface area contributed by atoms with E-state index in [2.05, 4.69) is 9.97 Å². The van der Waals surface area contributed by atoms with Gasteiger partial charge in [-0.3, -0.25) is 4.98 Å². The molecule has 0 unspecified atom stereocenters. The molecule has 0 saturated heterocycles. The monoisotopic (exact) mass is 375 g/mol. The van der Waals surface area contributed by atoms with Gasteiger partial charge in [0.25, 0.3) is 0 Å². The summed E-state index contributed by atoms with van der Waals surface area (Å²) in [5.41, 5.74) is 2.08. The molecule has 0 atom stereocenters. The topological polar surface area (TPSA) is 77.2 Å². The third-order valence-electron chi connectivity index (χ3n) is 3.82. The molecule has 1 N–H and O–H groups in total. The van der Waals surface area contributed by atoms with Crippen LogP contribution in [0, 0.1) is 5.82 Å². The first-order chi connectivity index (χ1) is 12.5. The molecule has 0 amide bonds. The summed E-state index contributed by atoms with van der Waals surface area (Å²) >= 11 is 5.78. The number of aromatic nitrogens is 3.